The van der Waals surface area contributed by atoms with Crippen LogP contribution in [0.2, 0.25) is 5.15 Å². The highest BCUT2D eigenvalue weighted by molar-refractivity contribution is 6.32. The Morgan fingerprint density at radius 1 is 1.20 bits per heavy atom. The Hall–Kier alpha value is -3.12. The van der Waals surface area contributed by atoms with Gasteiger partial charge in [-0.15, -0.1) is 6.58 Å². The van der Waals surface area contributed by atoms with Gasteiger partial charge in [0.2, 0.25) is 5.78 Å². The van der Waals surface area contributed by atoms with E-state index in [1.165, 1.54) is 0 Å². The first-order chi connectivity index (χ1) is 14.3. The highest BCUT2D eigenvalue weighted by Crippen LogP contribution is 2.22. The van der Waals surface area contributed by atoms with E-state index in [9.17, 15) is 9.59 Å². The molecule has 156 valence electrons. The van der Waals surface area contributed by atoms with E-state index in [1.54, 1.807) is 23.7 Å². The summed E-state index contributed by atoms with van der Waals surface area (Å²) in [6.45, 7) is 9.88. The quantitative estimate of drug-likeness (QED) is 0.302. The second-order valence-electron chi connectivity index (χ2n) is 7.08. The van der Waals surface area contributed by atoms with Crippen LogP contribution in [0.5, 0.6) is 0 Å². The number of ether oxygens (including phenoxy) is 1. The van der Waals surface area contributed by atoms with Gasteiger partial charge in [0.05, 0.1) is 12.2 Å². The summed E-state index contributed by atoms with van der Waals surface area (Å²) in [6.07, 6.45) is 1.77. The number of benzene rings is 1. The average molecular weight is 426 g/mol. The molecule has 0 aliphatic rings. The SMILES string of the molecule is C=CCn1c(C)cc(C(=O)COC(=O)c2c(C)nn(Cc3ccccc3)c2Cl)c1C. The molecule has 3 rings (SSSR count). The van der Waals surface area contributed by atoms with Crippen molar-refractivity contribution in [3.05, 3.63) is 88.0 Å². The number of Topliss-reactive ketones (excluding diaryl/α,β-unsaturated/α-hetero) is 1. The van der Waals surface area contributed by atoms with Crippen molar-refractivity contribution < 1.29 is 14.3 Å². The van der Waals surface area contributed by atoms with Crippen LogP contribution in [0, 0.1) is 20.8 Å². The molecular weight excluding hydrogens is 402 g/mol. The molecule has 0 atom stereocenters. The molecule has 0 spiro atoms. The molecule has 2 heterocycles. The van der Waals surface area contributed by atoms with Gasteiger partial charge < -0.3 is 9.30 Å². The number of allylic oxidation sites excluding steroid dienone is 1. The lowest BCUT2D eigenvalue weighted by atomic mass is 10.1. The minimum Gasteiger partial charge on any atom is -0.454 e. The van der Waals surface area contributed by atoms with E-state index in [1.807, 2.05) is 48.7 Å². The van der Waals surface area contributed by atoms with Crippen molar-refractivity contribution >= 4 is 23.4 Å². The highest BCUT2D eigenvalue weighted by Gasteiger charge is 2.23. The van der Waals surface area contributed by atoms with E-state index >= 15 is 0 Å². The lowest BCUT2D eigenvalue weighted by Crippen LogP contribution is -2.15. The monoisotopic (exact) mass is 425 g/mol. The standard InChI is InChI=1S/C23H24ClN3O3/c1-5-11-26-15(2)12-19(17(26)4)20(28)14-30-23(29)21-16(3)25-27(22(21)24)13-18-9-7-6-8-10-18/h5-10,12H,1,11,13-14H2,2-4H3. The summed E-state index contributed by atoms with van der Waals surface area (Å²) in [4.78, 5) is 25.2. The predicted octanol–water partition coefficient (Wildman–Crippen LogP) is 4.54. The molecule has 0 N–H and O–H groups in total. The molecule has 0 bridgehead atoms. The second-order valence-corrected chi connectivity index (χ2v) is 7.44. The molecule has 0 saturated carbocycles. The molecule has 2 aromatic heterocycles. The molecule has 1 aromatic carbocycles. The molecule has 3 aromatic rings. The predicted molar refractivity (Wildman–Crippen MR) is 116 cm³/mol. The number of rotatable bonds is 8. The average Bonchev–Trinajstić information content (AvgIpc) is 3.16. The van der Waals surface area contributed by atoms with Crippen molar-refractivity contribution in [3.8, 4) is 0 Å². The fourth-order valence-corrected chi connectivity index (χ4v) is 3.73. The first-order valence-electron chi connectivity index (χ1n) is 9.58. The van der Waals surface area contributed by atoms with Gasteiger partial charge in [0, 0.05) is 23.5 Å². The van der Waals surface area contributed by atoms with Crippen molar-refractivity contribution in [2.24, 2.45) is 0 Å². The fourth-order valence-electron chi connectivity index (χ4n) is 3.42. The summed E-state index contributed by atoms with van der Waals surface area (Å²) >= 11 is 6.39. The van der Waals surface area contributed by atoms with Crippen LogP contribution in [-0.4, -0.2) is 32.7 Å². The molecule has 30 heavy (non-hydrogen) atoms. The molecule has 0 aliphatic carbocycles. The molecule has 0 amide bonds. The zero-order valence-electron chi connectivity index (χ0n) is 17.3. The van der Waals surface area contributed by atoms with Crippen LogP contribution in [0.15, 0.2) is 49.1 Å². The van der Waals surface area contributed by atoms with Gasteiger partial charge in [0.15, 0.2) is 6.61 Å². The third-order valence-electron chi connectivity index (χ3n) is 4.96. The number of aryl methyl sites for hydroxylation is 2. The maximum absolute atomic E-state index is 12.6. The number of aromatic nitrogens is 3. The normalized spacial score (nSPS) is 10.8. The lowest BCUT2D eigenvalue weighted by molar-refractivity contribution is 0.0474. The fraction of sp³-hybridized carbons (Fsp3) is 0.261. The number of carbonyl (C=O) groups excluding carboxylic acids is 2. The number of hydrogen-bond donors (Lipinski definition) is 0. The summed E-state index contributed by atoms with van der Waals surface area (Å²) in [7, 11) is 0. The van der Waals surface area contributed by atoms with Crippen molar-refractivity contribution in [2.45, 2.75) is 33.9 Å². The first-order valence-corrected chi connectivity index (χ1v) is 9.96. The molecular formula is C23H24ClN3O3. The van der Waals surface area contributed by atoms with Gasteiger partial charge >= 0.3 is 5.97 Å². The van der Waals surface area contributed by atoms with E-state index in [4.69, 9.17) is 16.3 Å². The smallest absolute Gasteiger partial charge is 0.343 e. The van der Waals surface area contributed by atoms with E-state index < -0.39 is 5.97 Å². The highest BCUT2D eigenvalue weighted by atomic mass is 35.5. The minimum atomic E-state index is -0.662. The molecule has 0 saturated heterocycles. The van der Waals surface area contributed by atoms with E-state index in [-0.39, 0.29) is 23.1 Å². The summed E-state index contributed by atoms with van der Waals surface area (Å²) in [6, 6.07) is 11.5. The van der Waals surface area contributed by atoms with Gasteiger partial charge in [-0.25, -0.2) is 9.48 Å². The third-order valence-corrected chi connectivity index (χ3v) is 5.35. The topological polar surface area (TPSA) is 66.1 Å². The van der Waals surface area contributed by atoms with Gasteiger partial charge in [-0.1, -0.05) is 48.0 Å². The Morgan fingerprint density at radius 3 is 2.57 bits per heavy atom. The number of nitrogens with zero attached hydrogens (tertiary/aromatic N) is 3. The number of carbonyl (C=O) groups is 2. The molecule has 0 unspecified atom stereocenters. The minimum absolute atomic E-state index is 0.178. The van der Waals surface area contributed by atoms with E-state index in [2.05, 4.69) is 11.7 Å². The largest absolute Gasteiger partial charge is 0.454 e. The lowest BCUT2D eigenvalue weighted by Gasteiger charge is -2.07. The maximum Gasteiger partial charge on any atom is 0.343 e. The number of ketones is 1. The Bertz CT molecular complexity index is 1100. The zero-order valence-corrected chi connectivity index (χ0v) is 18.1. The Kier molecular flexibility index (Phi) is 6.57. The van der Waals surface area contributed by atoms with Crippen LogP contribution >= 0.6 is 11.6 Å². The van der Waals surface area contributed by atoms with E-state index in [0.717, 1.165) is 17.0 Å². The molecule has 0 aliphatic heterocycles. The van der Waals surface area contributed by atoms with Gasteiger partial charge in [-0.2, -0.15) is 5.10 Å². The molecule has 7 heteroatoms. The summed E-state index contributed by atoms with van der Waals surface area (Å²) in [5.41, 5.74) is 3.94. The van der Waals surface area contributed by atoms with Crippen molar-refractivity contribution in [3.63, 3.8) is 0 Å². The van der Waals surface area contributed by atoms with E-state index in [0.29, 0.717) is 24.3 Å². The van der Waals surface area contributed by atoms with Crippen LogP contribution in [0.3, 0.4) is 0 Å². The van der Waals surface area contributed by atoms with Crippen LogP contribution in [0.4, 0.5) is 0 Å². The van der Waals surface area contributed by atoms with Gasteiger partial charge in [-0.3, -0.25) is 4.79 Å². The second kappa shape index (κ2) is 9.13. The van der Waals surface area contributed by atoms with Crippen molar-refractivity contribution in [2.75, 3.05) is 6.61 Å². The maximum atomic E-state index is 12.6. The van der Waals surface area contributed by atoms with Crippen LogP contribution < -0.4 is 0 Å². The Balaban J connectivity index is 1.72. The summed E-state index contributed by atoms with van der Waals surface area (Å²) in [5, 5.41) is 4.54. The number of hydrogen-bond acceptors (Lipinski definition) is 4. The zero-order chi connectivity index (χ0) is 21.8. The van der Waals surface area contributed by atoms with Crippen LogP contribution in [0.1, 0.15) is 43.4 Å². The summed E-state index contributed by atoms with van der Waals surface area (Å²) in [5.74, 6) is -0.928. The Labute approximate surface area is 180 Å². The third kappa shape index (κ3) is 4.39. The molecule has 0 radical (unpaired) electrons. The first kappa shape index (κ1) is 21.6. The molecule has 6 nitrogen and oxygen atoms in total. The van der Waals surface area contributed by atoms with Crippen LogP contribution in [0.25, 0.3) is 0 Å². The Morgan fingerprint density at radius 2 is 1.90 bits per heavy atom. The van der Waals surface area contributed by atoms with Crippen molar-refractivity contribution in [1.82, 2.24) is 14.3 Å². The van der Waals surface area contributed by atoms with Gasteiger partial charge in [0.25, 0.3) is 0 Å². The number of halogens is 1. The van der Waals surface area contributed by atoms with Gasteiger partial charge in [0.1, 0.15) is 10.7 Å². The molecule has 0 fully saturated rings. The number of esters is 1. The van der Waals surface area contributed by atoms with Gasteiger partial charge in [-0.05, 0) is 32.4 Å². The summed E-state index contributed by atoms with van der Waals surface area (Å²) < 4.78 is 8.81. The van der Waals surface area contributed by atoms with Crippen LogP contribution in [-0.2, 0) is 17.8 Å². The van der Waals surface area contributed by atoms with Crippen molar-refractivity contribution in [1.29, 1.82) is 0 Å².